The SMILES string of the molecule is CCc1ccc(Oc2ccncc2Cl)c(N)c1. The molecule has 0 fully saturated rings. The van der Waals surface area contributed by atoms with Gasteiger partial charge < -0.3 is 10.5 Å². The standard InChI is InChI=1S/C13H13ClN2O/c1-2-9-3-4-13(11(15)7-9)17-12-5-6-16-8-10(12)14/h3-8H,2,15H2,1H3. The predicted molar refractivity (Wildman–Crippen MR) is 69.6 cm³/mol. The van der Waals surface area contributed by atoms with Gasteiger partial charge in [0.05, 0.1) is 5.69 Å². The lowest BCUT2D eigenvalue weighted by Crippen LogP contribution is -1.94. The Morgan fingerprint density at radius 1 is 1.29 bits per heavy atom. The van der Waals surface area contributed by atoms with Crippen molar-refractivity contribution in [2.45, 2.75) is 13.3 Å². The topological polar surface area (TPSA) is 48.1 Å². The number of nitrogens with zero attached hydrogens (tertiary/aromatic N) is 1. The molecule has 4 heteroatoms. The zero-order valence-corrected chi connectivity index (χ0v) is 10.2. The summed E-state index contributed by atoms with van der Waals surface area (Å²) in [6.45, 7) is 2.08. The molecule has 0 saturated carbocycles. The molecule has 0 unspecified atom stereocenters. The van der Waals surface area contributed by atoms with Crippen molar-refractivity contribution >= 4 is 17.3 Å². The summed E-state index contributed by atoms with van der Waals surface area (Å²) in [5.41, 5.74) is 7.70. The summed E-state index contributed by atoms with van der Waals surface area (Å²) < 4.78 is 5.64. The summed E-state index contributed by atoms with van der Waals surface area (Å²) in [6, 6.07) is 7.45. The maximum absolute atomic E-state index is 5.96. The lowest BCUT2D eigenvalue weighted by atomic mass is 10.1. The minimum absolute atomic E-state index is 0.464. The summed E-state index contributed by atoms with van der Waals surface area (Å²) in [6.07, 6.45) is 4.10. The minimum Gasteiger partial charge on any atom is -0.454 e. The van der Waals surface area contributed by atoms with Gasteiger partial charge in [-0.3, -0.25) is 4.98 Å². The van der Waals surface area contributed by atoms with E-state index in [4.69, 9.17) is 22.1 Å². The number of nitrogens with two attached hydrogens (primary N) is 1. The number of hydrogen-bond acceptors (Lipinski definition) is 3. The van der Waals surface area contributed by atoms with Gasteiger partial charge in [-0.2, -0.15) is 0 Å². The van der Waals surface area contributed by atoms with Gasteiger partial charge in [-0.05, 0) is 24.1 Å². The smallest absolute Gasteiger partial charge is 0.150 e. The molecule has 0 radical (unpaired) electrons. The predicted octanol–water partition coefficient (Wildman–Crippen LogP) is 3.67. The number of ether oxygens (including phenoxy) is 1. The highest BCUT2D eigenvalue weighted by molar-refractivity contribution is 6.31. The maximum atomic E-state index is 5.96. The Kier molecular flexibility index (Phi) is 3.49. The number of pyridine rings is 1. The lowest BCUT2D eigenvalue weighted by Gasteiger charge is -2.10. The van der Waals surface area contributed by atoms with Crippen LogP contribution in [0, 0.1) is 0 Å². The molecule has 88 valence electrons. The fourth-order valence-corrected chi connectivity index (χ4v) is 1.63. The van der Waals surface area contributed by atoms with E-state index in [1.54, 1.807) is 12.3 Å². The molecule has 1 aromatic heterocycles. The molecule has 3 nitrogen and oxygen atoms in total. The van der Waals surface area contributed by atoms with Crippen molar-refractivity contribution in [2.24, 2.45) is 0 Å². The van der Waals surface area contributed by atoms with Crippen molar-refractivity contribution in [3.63, 3.8) is 0 Å². The van der Waals surface area contributed by atoms with E-state index in [0.29, 0.717) is 22.2 Å². The molecule has 2 N–H and O–H groups in total. The van der Waals surface area contributed by atoms with Crippen molar-refractivity contribution in [1.29, 1.82) is 0 Å². The van der Waals surface area contributed by atoms with Gasteiger partial charge in [0.25, 0.3) is 0 Å². The van der Waals surface area contributed by atoms with E-state index in [9.17, 15) is 0 Å². The number of nitrogen functional groups attached to an aromatic ring is 1. The number of rotatable bonds is 3. The van der Waals surface area contributed by atoms with Gasteiger partial charge in [-0.25, -0.2) is 0 Å². The van der Waals surface area contributed by atoms with Gasteiger partial charge in [-0.15, -0.1) is 0 Å². The second-order valence-electron chi connectivity index (χ2n) is 3.63. The Morgan fingerprint density at radius 3 is 2.76 bits per heavy atom. The quantitative estimate of drug-likeness (QED) is 0.843. The Labute approximate surface area is 105 Å². The number of benzene rings is 1. The number of aromatic nitrogens is 1. The van der Waals surface area contributed by atoms with Crippen LogP contribution in [0.4, 0.5) is 5.69 Å². The van der Waals surface area contributed by atoms with Crippen LogP contribution in [0.15, 0.2) is 36.7 Å². The van der Waals surface area contributed by atoms with Crippen LogP contribution in [0.5, 0.6) is 11.5 Å². The average Bonchev–Trinajstić information content (AvgIpc) is 2.34. The van der Waals surface area contributed by atoms with Gasteiger partial charge in [0.1, 0.15) is 16.5 Å². The molecule has 0 aliphatic rings. The molecule has 2 rings (SSSR count). The Balaban J connectivity index is 2.28. The van der Waals surface area contributed by atoms with Crippen LogP contribution in [0.1, 0.15) is 12.5 Å². The summed E-state index contributed by atoms with van der Waals surface area (Å²) in [4.78, 5) is 3.89. The molecule has 0 aliphatic carbocycles. The van der Waals surface area contributed by atoms with Gasteiger partial charge in [0.15, 0.2) is 0 Å². The third-order valence-electron chi connectivity index (χ3n) is 2.44. The number of hydrogen-bond donors (Lipinski definition) is 1. The molecule has 0 saturated heterocycles. The molecule has 1 heterocycles. The van der Waals surface area contributed by atoms with E-state index < -0.39 is 0 Å². The molecule has 2 aromatic rings. The van der Waals surface area contributed by atoms with Crippen LogP contribution >= 0.6 is 11.6 Å². The van der Waals surface area contributed by atoms with E-state index in [-0.39, 0.29) is 0 Å². The first-order chi connectivity index (χ1) is 8.20. The molecule has 1 aromatic carbocycles. The summed E-state index contributed by atoms with van der Waals surface area (Å²) in [5.74, 6) is 1.16. The van der Waals surface area contributed by atoms with Gasteiger partial charge in [0.2, 0.25) is 0 Å². The van der Waals surface area contributed by atoms with Crippen LogP contribution < -0.4 is 10.5 Å². The largest absolute Gasteiger partial charge is 0.454 e. The van der Waals surface area contributed by atoms with Crippen molar-refractivity contribution in [3.05, 3.63) is 47.2 Å². The molecule has 17 heavy (non-hydrogen) atoms. The van der Waals surface area contributed by atoms with Gasteiger partial charge >= 0.3 is 0 Å². The molecular weight excluding hydrogens is 236 g/mol. The first kappa shape index (κ1) is 11.7. The summed E-state index contributed by atoms with van der Waals surface area (Å²) in [7, 11) is 0. The molecule has 0 spiro atoms. The lowest BCUT2D eigenvalue weighted by molar-refractivity contribution is 0.484. The fourth-order valence-electron chi connectivity index (χ4n) is 1.47. The highest BCUT2D eigenvalue weighted by Gasteiger charge is 2.06. The molecule has 0 amide bonds. The van der Waals surface area contributed by atoms with Crippen LogP contribution in [0.3, 0.4) is 0 Å². The third-order valence-corrected chi connectivity index (χ3v) is 2.72. The maximum Gasteiger partial charge on any atom is 0.150 e. The van der Waals surface area contributed by atoms with Crippen LogP contribution in [-0.2, 0) is 6.42 Å². The fraction of sp³-hybridized carbons (Fsp3) is 0.154. The second-order valence-corrected chi connectivity index (χ2v) is 4.04. The Hall–Kier alpha value is -1.74. The van der Waals surface area contributed by atoms with E-state index >= 15 is 0 Å². The van der Waals surface area contributed by atoms with E-state index in [0.717, 1.165) is 6.42 Å². The first-order valence-corrected chi connectivity index (χ1v) is 5.74. The highest BCUT2D eigenvalue weighted by atomic mass is 35.5. The highest BCUT2D eigenvalue weighted by Crippen LogP contribution is 2.32. The van der Waals surface area contributed by atoms with Gasteiger partial charge in [-0.1, -0.05) is 24.6 Å². The van der Waals surface area contributed by atoms with E-state index in [1.807, 2.05) is 18.2 Å². The second kappa shape index (κ2) is 5.06. The third kappa shape index (κ3) is 2.68. The van der Waals surface area contributed by atoms with Crippen molar-refractivity contribution in [2.75, 3.05) is 5.73 Å². The zero-order valence-electron chi connectivity index (χ0n) is 9.48. The summed E-state index contributed by atoms with van der Waals surface area (Å²) in [5, 5.41) is 0.464. The van der Waals surface area contributed by atoms with Crippen molar-refractivity contribution in [1.82, 2.24) is 4.98 Å². The first-order valence-electron chi connectivity index (χ1n) is 5.36. The van der Waals surface area contributed by atoms with E-state index in [2.05, 4.69) is 11.9 Å². The number of aryl methyl sites for hydroxylation is 1. The normalized spacial score (nSPS) is 10.2. The molecule has 0 aliphatic heterocycles. The summed E-state index contributed by atoms with van der Waals surface area (Å²) >= 11 is 5.96. The Morgan fingerprint density at radius 2 is 2.12 bits per heavy atom. The number of halogens is 1. The monoisotopic (exact) mass is 248 g/mol. The number of anilines is 1. The van der Waals surface area contributed by atoms with Crippen LogP contribution in [0.2, 0.25) is 5.02 Å². The van der Waals surface area contributed by atoms with Crippen molar-refractivity contribution < 1.29 is 4.74 Å². The van der Waals surface area contributed by atoms with Crippen LogP contribution in [0.25, 0.3) is 0 Å². The van der Waals surface area contributed by atoms with Gasteiger partial charge in [0, 0.05) is 18.5 Å². The van der Waals surface area contributed by atoms with E-state index in [1.165, 1.54) is 11.8 Å². The van der Waals surface area contributed by atoms with Crippen molar-refractivity contribution in [3.8, 4) is 11.5 Å². The Bertz CT molecular complexity index is 529. The molecular formula is C13H13ClN2O. The van der Waals surface area contributed by atoms with Crippen LogP contribution in [-0.4, -0.2) is 4.98 Å². The average molecular weight is 249 g/mol. The molecule has 0 atom stereocenters. The minimum atomic E-state index is 0.464. The zero-order chi connectivity index (χ0) is 12.3. The molecule has 0 bridgehead atoms.